The third kappa shape index (κ3) is 17.8. The molecule has 8 nitrogen and oxygen atoms in total. The van der Waals surface area contributed by atoms with E-state index in [1.807, 2.05) is 0 Å². The molecule has 12 heteroatoms. The van der Waals surface area contributed by atoms with Crippen molar-refractivity contribution in [1.29, 1.82) is 0 Å². The number of thiazole rings is 1. The number of nitrogens with one attached hydrogen (secondary N) is 2. The highest BCUT2D eigenvalue weighted by atomic mass is 32.2. The number of Topliss-reactive ketones (excluding diaryl/α,β-unsaturated/α-hetero) is 1. The number of piperidine rings is 1. The van der Waals surface area contributed by atoms with Crippen LogP contribution in [0, 0.1) is 19.8 Å². The molecule has 3 rings (SSSR count). The summed E-state index contributed by atoms with van der Waals surface area (Å²) < 4.78 is 1.04. The number of hydrogen-bond donors (Lipinski definition) is 2. The number of ketones is 1. The zero-order valence-electron chi connectivity index (χ0n) is 32.7. The van der Waals surface area contributed by atoms with E-state index < -0.39 is 0 Å². The first kappa shape index (κ1) is 46.5. The van der Waals surface area contributed by atoms with Gasteiger partial charge in [0.1, 0.15) is 12.1 Å². The largest absolute Gasteiger partial charge is 0.373 e. The van der Waals surface area contributed by atoms with Crippen LogP contribution in [-0.2, 0) is 14.4 Å². The summed E-state index contributed by atoms with van der Waals surface area (Å²) in [5, 5.41) is 8.12. The standard InChI is InChI=1S/C28H42N4O3S2.C6H14NP.C4H11P/c1-8-18(3)11-10-13-32(17-20(5)34)25(35)16-30-28-31-26-22(7)21(6)23(15-24(26)37-28)36-27(19(4)9-2)29-12-14-33;1-7-4-2-6(8)3-5-7;1-3-4-5-2/h14-15,18,29H,8-13,16-17H2,1-7H3,(H,30,31);6H,2-5,8H2,1H3;5H,3-4H2,1-2H3. The van der Waals surface area contributed by atoms with Crippen LogP contribution in [0.25, 0.3) is 10.2 Å². The molecule has 284 valence electrons. The summed E-state index contributed by atoms with van der Waals surface area (Å²) in [5.41, 5.74) is 5.27. The van der Waals surface area contributed by atoms with Crippen molar-refractivity contribution in [2.75, 3.05) is 64.5 Å². The van der Waals surface area contributed by atoms with Gasteiger partial charge in [-0.25, -0.2) is 4.98 Å². The SMILES string of the molecule is CCC(C)=C(NCC=O)Sc1cc2sc(NCC(=O)N(CCCC(C)CC)CC(C)=O)nc2c(C)c1C.CCCPC.CN1CCC(P)CC1. The predicted molar refractivity (Wildman–Crippen MR) is 226 cm³/mol. The highest BCUT2D eigenvalue weighted by Gasteiger charge is 2.18. The second kappa shape index (κ2) is 26.2. The second-order valence-corrected chi connectivity index (χ2v) is 17.6. The zero-order valence-corrected chi connectivity index (χ0v) is 36.5. The third-order valence-corrected chi connectivity index (χ3v) is 12.9. The monoisotopic (exact) mass is 767 g/mol. The lowest BCUT2D eigenvalue weighted by molar-refractivity contribution is -0.133. The highest BCUT2D eigenvalue weighted by Crippen LogP contribution is 2.38. The fourth-order valence-electron chi connectivity index (χ4n) is 5.09. The van der Waals surface area contributed by atoms with E-state index in [9.17, 15) is 14.4 Å². The quantitative estimate of drug-likeness (QED) is 0.0884. The lowest BCUT2D eigenvalue weighted by Crippen LogP contribution is -2.39. The van der Waals surface area contributed by atoms with Crippen molar-refractivity contribution in [2.45, 2.75) is 111 Å². The van der Waals surface area contributed by atoms with Crippen LogP contribution in [0.5, 0.6) is 0 Å². The van der Waals surface area contributed by atoms with E-state index >= 15 is 0 Å². The smallest absolute Gasteiger partial charge is 0.242 e. The molecular weight excluding hydrogens is 701 g/mol. The molecule has 50 heavy (non-hydrogen) atoms. The number of carbonyl (C=O) groups excluding carboxylic acids is 3. The number of benzene rings is 1. The van der Waals surface area contributed by atoms with Gasteiger partial charge < -0.3 is 25.2 Å². The van der Waals surface area contributed by atoms with Crippen molar-refractivity contribution in [3.63, 3.8) is 0 Å². The van der Waals surface area contributed by atoms with E-state index in [0.29, 0.717) is 17.6 Å². The maximum absolute atomic E-state index is 12.9. The van der Waals surface area contributed by atoms with Crippen molar-refractivity contribution < 1.29 is 14.4 Å². The normalized spacial score (nSPS) is 14.7. The molecule has 0 radical (unpaired) electrons. The molecule has 2 heterocycles. The molecule has 0 bridgehead atoms. The Kier molecular flexibility index (Phi) is 24.4. The number of aryl methyl sites for hydroxylation is 1. The predicted octanol–water partition coefficient (Wildman–Crippen LogP) is 8.75. The Morgan fingerprint density at radius 2 is 1.88 bits per heavy atom. The Balaban J connectivity index is 0.000000801. The van der Waals surface area contributed by atoms with Gasteiger partial charge in [0.2, 0.25) is 5.91 Å². The van der Waals surface area contributed by atoms with Crippen LogP contribution in [0.2, 0.25) is 0 Å². The van der Waals surface area contributed by atoms with Crippen molar-refractivity contribution in [3.05, 3.63) is 27.8 Å². The highest BCUT2D eigenvalue weighted by molar-refractivity contribution is 8.03. The van der Waals surface area contributed by atoms with Crippen LogP contribution in [0.1, 0.15) is 97.6 Å². The topological polar surface area (TPSA) is 94.6 Å². The molecule has 1 aliphatic rings. The number of carbonyl (C=O) groups is 3. The Hall–Kier alpha value is -1.57. The van der Waals surface area contributed by atoms with Crippen molar-refractivity contribution in [2.24, 2.45) is 5.92 Å². The van der Waals surface area contributed by atoms with Gasteiger partial charge in [-0.05, 0) is 127 Å². The molecule has 3 atom stereocenters. The van der Waals surface area contributed by atoms with E-state index in [0.717, 1.165) is 77.5 Å². The number of fused-ring (bicyclic) bond motifs is 1. The molecule has 1 amide bonds. The van der Waals surface area contributed by atoms with E-state index in [4.69, 9.17) is 4.98 Å². The molecule has 2 N–H and O–H groups in total. The summed E-state index contributed by atoms with van der Waals surface area (Å²) in [6.45, 7) is 22.4. The van der Waals surface area contributed by atoms with Crippen molar-refractivity contribution >= 4 is 74.2 Å². The minimum atomic E-state index is -0.0890. The Bertz CT molecular complexity index is 1330. The summed E-state index contributed by atoms with van der Waals surface area (Å²) in [7, 11) is 6.24. The molecule has 0 spiro atoms. The number of aromatic nitrogens is 1. The Labute approximate surface area is 316 Å². The third-order valence-electron chi connectivity index (χ3n) is 8.92. The number of nitrogens with zero attached hydrogens (tertiary/aromatic N) is 3. The minimum Gasteiger partial charge on any atom is -0.373 e. The van der Waals surface area contributed by atoms with Gasteiger partial charge in [-0.1, -0.05) is 63.6 Å². The molecule has 1 aromatic heterocycles. The fourth-order valence-corrected chi connectivity index (χ4v) is 8.10. The summed E-state index contributed by atoms with van der Waals surface area (Å²) in [6.07, 6.45) is 10.3. The molecular formula is C38H67N5O3P2S2. The molecule has 3 unspecified atom stereocenters. The van der Waals surface area contributed by atoms with Crippen LogP contribution in [0.4, 0.5) is 5.13 Å². The Morgan fingerprint density at radius 1 is 1.20 bits per heavy atom. The number of thioether (sulfide) groups is 1. The first-order chi connectivity index (χ1) is 23.8. The van der Waals surface area contributed by atoms with Gasteiger partial charge in [0, 0.05) is 11.4 Å². The molecule has 1 saturated heterocycles. The van der Waals surface area contributed by atoms with Gasteiger partial charge in [0.05, 0.1) is 34.9 Å². The van der Waals surface area contributed by atoms with E-state index in [2.05, 4.69) is 93.0 Å². The van der Waals surface area contributed by atoms with Crippen molar-refractivity contribution in [3.8, 4) is 0 Å². The summed E-state index contributed by atoms with van der Waals surface area (Å²) in [6, 6.07) is 2.13. The van der Waals surface area contributed by atoms with Gasteiger partial charge in [0.25, 0.3) is 0 Å². The molecule has 1 aromatic carbocycles. The number of likely N-dealkylation sites (tertiary alicyclic amines) is 1. The molecule has 2 aromatic rings. The summed E-state index contributed by atoms with van der Waals surface area (Å²) in [5.74, 6) is 0.513. The number of anilines is 1. The van der Waals surface area contributed by atoms with Gasteiger partial charge in [-0.3, -0.25) is 9.59 Å². The summed E-state index contributed by atoms with van der Waals surface area (Å²) >= 11 is 3.16. The Morgan fingerprint density at radius 3 is 2.40 bits per heavy atom. The van der Waals surface area contributed by atoms with Gasteiger partial charge in [-0.15, -0.1) is 17.8 Å². The van der Waals surface area contributed by atoms with Crippen LogP contribution in [0.3, 0.4) is 0 Å². The molecule has 0 saturated carbocycles. The lowest BCUT2D eigenvalue weighted by Gasteiger charge is -2.25. The van der Waals surface area contributed by atoms with Crippen molar-refractivity contribution in [1.82, 2.24) is 20.1 Å². The molecule has 0 aliphatic carbocycles. The lowest BCUT2D eigenvalue weighted by atomic mass is 10.0. The number of aldehydes is 1. The number of rotatable bonds is 18. The summed E-state index contributed by atoms with van der Waals surface area (Å²) in [4.78, 5) is 45.5. The van der Waals surface area contributed by atoms with Crippen LogP contribution < -0.4 is 10.6 Å². The maximum Gasteiger partial charge on any atom is 0.242 e. The first-order valence-electron chi connectivity index (χ1n) is 18.4. The van der Waals surface area contributed by atoms with Crippen LogP contribution >= 0.6 is 40.9 Å². The molecule has 1 fully saturated rings. The second-order valence-electron chi connectivity index (χ2n) is 13.4. The van der Waals surface area contributed by atoms with Crippen LogP contribution in [-0.4, -0.2) is 97.6 Å². The first-order valence-corrected chi connectivity index (χ1v) is 22.4. The van der Waals surface area contributed by atoms with E-state index in [1.165, 1.54) is 62.3 Å². The van der Waals surface area contributed by atoms with Gasteiger partial charge in [-0.2, -0.15) is 0 Å². The average molecular weight is 768 g/mol. The molecule has 1 aliphatic heterocycles. The average Bonchev–Trinajstić information content (AvgIpc) is 3.51. The number of allylic oxidation sites excluding steroid dienone is 1. The van der Waals surface area contributed by atoms with E-state index in [-0.39, 0.29) is 31.3 Å². The van der Waals surface area contributed by atoms with E-state index in [1.54, 1.807) is 16.7 Å². The number of hydrogen-bond acceptors (Lipinski definition) is 9. The fraction of sp³-hybridized carbons (Fsp3) is 0.684. The number of amides is 1. The van der Waals surface area contributed by atoms with Gasteiger partial charge in [0.15, 0.2) is 5.13 Å². The zero-order chi connectivity index (χ0) is 37.6. The van der Waals surface area contributed by atoms with Gasteiger partial charge >= 0.3 is 0 Å². The minimum absolute atomic E-state index is 0.0117. The van der Waals surface area contributed by atoms with Crippen LogP contribution in [0.15, 0.2) is 21.6 Å². The maximum atomic E-state index is 12.9.